The highest BCUT2D eigenvalue weighted by molar-refractivity contribution is 5.86. The number of carbonyl (C=O) groups excluding carboxylic acids is 2. The molecular weight excluding hydrogens is 282 g/mol. The molecule has 0 radical (unpaired) electrons. The van der Waals surface area contributed by atoms with Crippen LogP contribution < -0.4 is 5.32 Å². The monoisotopic (exact) mass is 303 g/mol. The summed E-state index contributed by atoms with van der Waals surface area (Å²) in [6.45, 7) is 5.35. The molecule has 2 aliphatic rings. The first-order valence-electron chi connectivity index (χ1n) is 7.41. The Morgan fingerprint density at radius 1 is 1.45 bits per heavy atom. The minimum Gasteiger partial charge on any atom is -0.460 e. The van der Waals surface area contributed by atoms with E-state index in [4.69, 9.17) is 9.47 Å². The topological polar surface area (TPSA) is 64.6 Å². The molecule has 0 saturated carbocycles. The van der Waals surface area contributed by atoms with E-state index < -0.39 is 12.1 Å². The van der Waals surface area contributed by atoms with Gasteiger partial charge in [0.05, 0.1) is 6.54 Å². The minimum absolute atomic E-state index is 0.0966. The summed E-state index contributed by atoms with van der Waals surface area (Å²) < 4.78 is 10.2. The standard InChI is InChI=1S/C17H21NO4/c1-12(2)16(19)21-10-9-18-17(20)22-15-8-7-13-5-3-4-6-14(13)11-15/h4,6-7,11,15H,1,3,5,8-10H2,2H3,(H,18,20). The number of rotatable bonds is 5. The Hall–Kier alpha value is -2.30. The van der Waals surface area contributed by atoms with Gasteiger partial charge in [-0.25, -0.2) is 9.59 Å². The Labute approximate surface area is 130 Å². The lowest BCUT2D eigenvalue weighted by atomic mass is 9.89. The summed E-state index contributed by atoms with van der Waals surface area (Å²) in [5.41, 5.74) is 2.81. The molecule has 0 aliphatic heterocycles. The predicted molar refractivity (Wildman–Crippen MR) is 83.2 cm³/mol. The smallest absolute Gasteiger partial charge is 0.407 e. The van der Waals surface area contributed by atoms with Gasteiger partial charge in [0, 0.05) is 12.0 Å². The van der Waals surface area contributed by atoms with Crippen molar-refractivity contribution in [1.29, 1.82) is 0 Å². The molecule has 0 spiro atoms. The zero-order chi connectivity index (χ0) is 15.9. The Balaban J connectivity index is 1.70. The molecule has 0 fully saturated rings. The Kier molecular flexibility index (Phi) is 5.58. The van der Waals surface area contributed by atoms with Crippen LogP contribution in [-0.2, 0) is 14.3 Å². The maximum atomic E-state index is 11.7. The van der Waals surface area contributed by atoms with Crippen LogP contribution in [0.5, 0.6) is 0 Å². The molecular formula is C17H21NO4. The predicted octanol–water partition coefficient (Wildman–Crippen LogP) is 2.81. The van der Waals surface area contributed by atoms with Crippen molar-refractivity contribution in [1.82, 2.24) is 5.32 Å². The molecule has 5 nitrogen and oxygen atoms in total. The molecule has 0 aromatic rings. The van der Waals surface area contributed by atoms with Gasteiger partial charge in [-0.05, 0) is 37.0 Å². The zero-order valence-corrected chi connectivity index (χ0v) is 12.8. The first kappa shape index (κ1) is 16.1. The van der Waals surface area contributed by atoms with E-state index in [1.807, 2.05) is 6.08 Å². The first-order valence-corrected chi connectivity index (χ1v) is 7.41. The summed E-state index contributed by atoms with van der Waals surface area (Å²) in [5.74, 6) is -0.464. The second kappa shape index (κ2) is 7.64. The minimum atomic E-state index is -0.509. The van der Waals surface area contributed by atoms with Crippen molar-refractivity contribution < 1.29 is 19.1 Å². The van der Waals surface area contributed by atoms with E-state index in [0.29, 0.717) is 12.0 Å². The highest BCUT2D eigenvalue weighted by Gasteiger charge is 2.18. The average Bonchev–Trinajstić information content (AvgIpc) is 2.51. The molecule has 2 rings (SSSR count). The number of alkyl carbamates (subject to hydrolysis) is 1. The van der Waals surface area contributed by atoms with Crippen molar-refractivity contribution in [2.24, 2.45) is 0 Å². The van der Waals surface area contributed by atoms with Gasteiger partial charge in [-0.2, -0.15) is 0 Å². The van der Waals surface area contributed by atoms with Gasteiger partial charge in [-0.1, -0.05) is 24.8 Å². The highest BCUT2D eigenvalue weighted by atomic mass is 16.6. The van der Waals surface area contributed by atoms with Gasteiger partial charge in [0.15, 0.2) is 0 Å². The molecule has 118 valence electrons. The van der Waals surface area contributed by atoms with Crippen LogP contribution in [0.15, 0.2) is 47.6 Å². The third-order valence-electron chi connectivity index (χ3n) is 3.42. The van der Waals surface area contributed by atoms with Crippen LogP contribution in [0.2, 0.25) is 0 Å². The van der Waals surface area contributed by atoms with Crippen LogP contribution in [0.3, 0.4) is 0 Å². The fourth-order valence-corrected chi connectivity index (χ4v) is 2.29. The van der Waals surface area contributed by atoms with E-state index in [1.165, 1.54) is 5.57 Å². The highest BCUT2D eigenvalue weighted by Crippen LogP contribution is 2.28. The number of esters is 1. The molecule has 0 aromatic carbocycles. The maximum absolute atomic E-state index is 11.7. The summed E-state index contributed by atoms with van der Waals surface area (Å²) in [4.78, 5) is 22.8. The third-order valence-corrected chi connectivity index (χ3v) is 3.42. The normalized spacial score (nSPS) is 19.4. The summed E-state index contributed by atoms with van der Waals surface area (Å²) in [6.07, 6.45) is 10.4. The van der Waals surface area contributed by atoms with Crippen molar-refractivity contribution in [3.63, 3.8) is 0 Å². The van der Waals surface area contributed by atoms with Crippen molar-refractivity contribution in [2.75, 3.05) is 13.2 Å². The van der Waals surface area contributed by atoms with Gasteiger partial charge < -0.3 is 14.8 Å². The number of fused-ring (bicyclic) bond motifs is 1. The van der Waals surface area contributed by atoms with Crippen LogP contribution in [0.1, 0.15) is 26.2 Å². The largest absolute Gasteiger partial charge is 0.460 e. The van der Waals surface area contributed by atoms with E-state index >= 15 is 0 Å². The molecule has 1 atom stereocenters. The fraction of sp³-hybridized carbons (Fsp3) is 0.412. The fourth-order valence-electron chi connectivity index (χ4n) is 2.29. The first-order chi connectivity index (χ1) is 10.6. The van der Waals surface area contributed by atoms with Gasteiger partial charge in [0.1, 0.15) is 12.7 Å². The molecule has 1 unspecified atom stereocenters. The molecule has 0 aromatic heterocycles. The lowest BCUT2D eigenvalue weighted by Crippen LogP contribution is -2.32. The van der Waals surface area contributed by atoms with Crippen LogP contribution in [0.4, 0.5) is 4.79 Å². The molecule has 2 aliphatic carbocycles. The van der Waals surface area contributed by atoms with Crippen molar-refractivity contribution >= 4 is 12.1 Å². The van der Waals surface area contributed by atoms with Gasteiger partial charge in [-0.3, -0.25) is 0 Å². The molecule has 22 heavy (non-hydrogen) atoms. The Morgan fingerprint density at radius 3 is 3.05 bits per heavy atom. The quantitative estimate of drug-likeness (QED) is 0.482. The Morgan fingerprint density at radius 2 is 2.27 bits per heavy atom. The molecule has 0 heterocycles. The van der Waals surface area contributed by atoms with Gasteiger partial charge in [0.2, 0.25) is 0 Å². The van der Waals surface area contributed by atoms with Gasteiger partial charge in [0.25, 0.3) is 0 Å². The lowest BCUT2D eigenvalue weighted by Gasteiger charge is -2.22. The van der Waals surface area contributed by atoms with E-state index in [9.17, 15) is 9.59 Å². The SMILES string of the molecule is C=C(C)C(=O)OCCNC(=O)OC1C=C2C=CCCC2=CC1. The average molecular weight is 303 g/mol. The van der Waals surface area contributed by atoms with Crippen molar-refractivity contribution in [2.45, 2.75) is 32.3 Å². The zero-order valence-electron chi connectivity index (χ0n) is 12.8. The van der Waals surface area contributed by atoms with E-state index in [2.05, 4.69) is 30.1 Å². The number of hydrogen-bond donors (Lipinski definition) is 1. The summed E-state index contributed by atoms with van der Waals surface area (Å²) >= 11 is 0. The Bertz CT molecular complexity index is 557. The number of allylic oxidation sites excluding steroid dienone is 4. The second-order valence-corrected chi connectivity index (χ2v) is 5.31. The molecule has 0 saturated heterocycles. The number of hydrogen-bond acceptors (Lipinski definition) is 4. The third kappa shape index (κ3) is 4.62. The maximum Gasteiger partial charge on any atom is 0.407 e. The van der Waals surface area contributed by atoms with E-state index in [-0.39, 0.29) is 19.3 Å². The molecule has 0 bridgehead atoms. The summed E-state index contributed by atoms with van der Waals surface area (Å²) in [5, 5.41) is 2.56. The second-order valence-electron chi connectivity index (χ2n) is 5.31. The van der Waals surface area contributed by atoms with Crippen LogP contribution in [0.25, 0.3) is 0 Å². The molecule has 1 N–H and O–H groups in total. The van der Waals surface area contributed by atoms with Gasteiger partial charge >= 0.3 is 12.1 Å². The molecule has 1 amide bonds. The van der Waals surface area contributed by atoms with E-state index in [0.717, 1.165) is 18.4 Å². The summed E-state index contributed by atoms with van der Waals surface area (Å²) in [7, 11) is 0. The summed E-state index contributed by atoms with van der Waals surface area (Å²) in [6, 6.07) is 0. The number of ether oxygens (including phenoxy) is 2. The van der Waals surface area contributed by atoms with E-state index in [1.54, 1.807) is 6.92 Å². The number of nitrogens with one attached hydrogen (secondary N) is 1. The van der Waals surface area contributed by atoms with Crippen LogP contribution in [-0.4, -0.2) is 31.3 Å². The number of amides is 1. The number of carbonyl (C=O) groups is 2. The lowest BCUT2D eigenvalue weighted by molar-refractivity contribution is -0.138. The van der Waals surface area contributed by atoms with Crippen molar-refractivity contribution in [3.8, 4) is 0 Å². The van der Waals surface area contributed by atoms with Crippen molar-refractivity contribution in [3.05, 3.63) is 47.6 Å². The molecule has 5 heteroatoms. The van der Waals surface area contributed by atoms with Gasteiger partial charge in [-0.15, -0.1) is 0 Å². The van der Waals surface area contributed by atoms with Crippen LogP contribution in [0, 0.1) is 0 Å². The van der Waals surface area contributed by atoms with Crippen LogP contribution >= 0.6 is 0 Å².